The van der Waals surface area contributed by atoms with Gasteiger partial charge in [0.1, 0.15) is 5.65 Å². The second kappa shape index (κ2) is 7.04. The maximum atomic E-state index is 5.59. The van der Waals surface area contributed by atoms with E-state index in [-0.39, 0.29) is 6.04 Å². The highest BCUT2D eigenvalue weighted by Crippen LogP contribution is 2.23. The van der Waals surface area contributed by atoms with Gasteiger partial charge in [-0.1, -0.05) is 6.07 Å². The average Bonchev–Trinajstić information content (AvgIpc) is 3.35. The van der Waals surface area contributed by atoms with Gasteiger partial charge in [-0.3, -0.25) is 4.68 Å². The maximum Gasteiger partial charge on any atom is 0.183 e. The Hall–Kier alpha value is -3.46. The number of fused-ring (bicyclic) bond motifs is 1. The number of imidazole rings is 1. The van der Waals surface area contributed by atoms with E-state index in [2.05, 4.69) is 44.6 Å². The molecule has 9 heteroatoms. The van der Waals surface area contributed by atoms with E-state index in [9.17, 15) is 0 Å². The predicted octanol–water partition coefficient (Wildman–Crippen LogP) is 2.47. The van der Waals surface area contributed by atoms with Crippen LogP contribution in [0.1, 0.15) is 25.5 Å². The van der Waals surface area contributed by atoms with Crippen LogP contribution in [0.3, 0.4) is 0 Å². The zero-order valence-corrected chi connectivity index (χ0v) is 15.2. The van der Waals surface area contributed by atoms with Crippen LogP contribution in [-0.4, -0.2) is 29.1 Å². The molecule has 0 unspecified atom stereocenters. The lowest BCUT2D eigenvalue weighted by Crippen LogP contribution is -2.13. The molecule has 4 heterocycles. The molecule has 0 atom stereocenters. The molecule has 0 saturated carbocycles. The standard InChI is InChI=1S/C18H21N9/c1-12(2)27-11-14(8-23-27)15-9-22-18(25-19)17(24-15)21-7-13-3-4-16-20-5-6-26(16)10-13/h3-6,8-12H,7,19H2,1-2H3,(H,21,24)(H,22,25). The SMILES string of the molecule is CC(C)n1cc(-c2cnc(NN)c(NCc3ccc4nccn4c3)n2)cn1. The molecule has 9 nitrogen and oxygen atoms in total. The minimum absolute atomic E-state index is 0.285. The van der Waals surface area contributed by atoms with Crippen LogP contribution in [0.25, 0.3) is 16.9 Å². The van der Waals surface area contributed by atoms with E-state index in [4.69, 9.17) is 5.84 Å². The molecule has 0 saturated heterocycles. The van der Waals surface area contributed by atoms with Crippen molar-refractivity contribution in [3.63, 3.8) is 0 Å². The predicted molar refractivity (Wildman–Crippen MR) is 104 cm³/mol. The van der Waals surface area contributed by atoms with Crippen LogP contribution >= 0.6 is 0 Å². The molecule has 4 N–H and O–H groups in total. The van der Waals surface area contributed by atoms with Gasteiger partial charge in [-0.05, 0) is 25.5 Å². The van der Waals surface area contributed by atoms with Crippen LogP contribution in [0.4, 0.5) is 11.6 Å². The summed E-state index contributed by atoms with van der Waals surface area (Å²) in [6.07, 6.45) is 11.1. The second-order valence-electron chi connectivity index (χ2n) is 6.48. The van der Waals surface area contributed by atoms with Crippen molar-refractivity contribution in [1.29, 1.82) is 0 Å². The number of hydrogen-bond acceptors (Lipinski definition) is 7. The third-order valence-electron chi connectivity index (χ3n) is 4.25. The van der Waals surface area contributed by atoms with Gasteiger partial charge in [0, 0.05) is 42.9 Å². The summed E-state index contributed by atoms with van der Waals surface area (Å²) >= 11 is 0. The van der Waals surface area contributed by atoms with E-state index in [1.165, 1.54) is 0 Å². The summed E-state index contributed by atoms with van der Waals surface area (Å²) in [5.74, 6) is 6.66. The minimum Gasteiger partial charge on any atom is -0.363 e. The molecule has 0 aromatic carbocycles. The lowest BCUT2D eigenvalue weighted by Gasteiger charge is -2.11. The van der Waals surface area contributed by atoms with E-state index in [0.717, 1.165) is 22.5 Å². The Morgan fingerprint density at radius 2 is 2.00 bits per heavy atom. The fraction of sp³-hybridized carbons (Fsp3) is 0.222. The van der Waals surface area contributed by atoms with Crippen molar-refractivity contribution in [1.82, 2.24) is 29.1 Å². The van der Waals surface area contributed by atoms with Gasteiger partial charge in [0.15, 0.2) is 11.6 Å². The van der Waals surface area contributed by atoms with Crippen LogP contribution < -0.4 is 16.6 Å². The van der Waals surface area contributed by atoms with Gasteiger partial charge in [-0.2, -0.15) is 5.10 Å². The van der Waals surface area contributed by atoms with E-state index >= 15 is 0 Å². The van der Waals surface area contributed by atoms with Gasteiger partial charge in [-0.15, -0.1) is 0 Å². The van der Waals surface area contributed by atoms with Crippen LogP contribution in [0.15, 0.2) is 49.3 Å². The molecule has 4 aromatic heterocycles. The molecule has 0 amide bonds. The molecule has 0 radical (unpaired) electrons. The quantitative estimate of drug-likeness (QED) is 0.356. The summed E-state index contributed by atoms with van der Waals surface area (Å²) in [5.41, 5.74) is 6.22. The zero-order valence-electron chi connectivity index (χ0n) is 15.2. The average molecular weight is 363 g/mol. The first-order valence-corrected chi connectivity index (χ1v) is 8.67. The monoisotopic (exact) mass is 363 g/mol. The molecule has 0 aliphatic heterocycles. The molecule has 138 valence electrons. The molecule has 0 fully saturated rings. The molecule has 0 aliphatic carbocycles. The van der Waals surface area contributed by atoms with Gasteiger partial charge in [0.2, 0.25) is 0 Å². The Morgan fingerprint density at radius 3 is 2.78 bits per heavy atom. The Labute approximate surface area is 156 Å². The number of nitrogens with zero attached hydrogens (tertiary/aromatic N) is 6. The van der Waals surface area contributed by atoms with Gasteiger partial charge in [0.05, 0.1) is 18.1 Å². The topological polar surface area (TPSA) is 111 Å². The summed E-state index contributed by atoms with van der Waals surface area (Å²) in [6, 6.07) is 4.28. The molecule has 27 heavy (non-hydrogen) atoms. The number of pyridine rings is 1. The van der Waals surface area contributed by atoms with Gasteiger partial charge in [-0.25, -0.2) is 20.8 Å². The summed E-state index contributed by atoms with van der Waals surface area (Å²) < 4.78 is 3.86. The smallest absolute Gasteiger partial charge is 0.183 e. The van der Waals surface area contributed by atoms with Crippen molar-refractivity contribution in [3.05, 3.63) is 54.9 Å². The Kier molecular flexibility index (Phi) is 4.43. The highest BCUT2D eigenvalue weighted by atomic mass is 15.3. The van der Waals surface area contributed by atoms with Crippen LogP contribution in [0.2, 0.25) is 0 Å². The Balaban J connectivity index is 1.58. The first-order valence-electron chi connectivity index (χ1n) is 8.67. The fourth-order valence-electron chi connectivity index (χ4n) is 2.77. The molecule has 4 aromatic rings. The van der Waals surface area contributed by atoms with Crippen molar-refractivity contribution in [2.45, 2.75) is 26.4 Å². The zero-order chi connectivity index (χ0) is 18.8. The van der Waals surface area contributed by atoms with Crippen LogP contribution in [0.5, 0.6) is 0 Å². The number of nitrogens with one attached hydrogen (secondary N) is 2. The first kappa shape index (κ1) is 17.0. The number of anilines is 2. The summed E-state index contributed by atoms with van der Waals surface area (Å²) in [7, 11) is 0. The van der Waals surface area contributed by atoms with Crippen molar-refractivity contribution >= 4 is 17.3 Å². The number of aromatic nitrogens is 6. The second-order valence-corrected chi connectivity index (χ2v) is 6.48. The lowest BCUT2D eigenvalue weighted by molar-refractivity contribution is 0.532. The molecule has 4 rings (SSSR count). The van der Waals surface area contributed by atoms with Gasteiger partial charge < -0.3 is 15.1 Å². The number of nitrogens with two attached hydrogens (primary N) is 1. The number of hydrogen-bond donors (Lipinski definition) is 3. The van der Waals surface area contributed by atoms with Crippen LogP contribution in [-0.2, 0) is 6.54 Å². The van der Waals surface area contributed by atoms with E-state index < -0.39 is 0 Å². The Bertz CT molecular complexity index is 1060. The fourth-order valence-corrected chi connectivity index (χ4v) is 2.77. The third kappa shape index (κ3) is 3.44. The number of rotatable bonds is 6. The summed E-state index contributed by atoms with van der Waals surface area (Å²) in [4.78, 5) is 13.3. The summed E-state index contributed by atoms with van der Waals surface area (Å²) in [5, 5.41) is 7.66. The minimum atomic E-state index is 0.285. The van der Waals surface area contributed by atoms with Crippen molar-refractivity contribution in [3.8, 4) is 11.3 Å². The van der Waals surface area contributed by atoms with Gasteiger partial charge >= 0.3 is 0 Å². The van der Waals surface area contributed by atoms with Crippen molar-refractivity contribution in [2.75, 3.05) is 10.7 Å². The first-order chi connectivity index (χ1) is 13.1. The van der Waals surface area contributed by atoms with Gasteiger partial charge in [0.25, 0.3) is 0 Å². The third-order valence-corrected chi connectivity index (χ3v) is 4.25. The lowest BCUT2D eigenvalue weighted by atomic mass is 10.2. The largest absolute Gasteiger partial charge is 0.363 e. The highest BCUT2D eigenvalue weighted by Gasteiger charge is 2.11. The molecule has 0 spiro atoms. The maximum absolute atomic E-state index is 5.59. The van der Waals surface area contributed by atoms with E-state index in [0.29, 0.717) is 18.2 Å². The van der Waals surface area contributed by atoms with E-state index in [1.54, 1.807) is 18.6 Å². The molecule has 0 bridgehead atoms. The normalized spacial score (nSPS) is 11.3. The molecule has 0 aliphatic rings. The summed E-state index contributed by atoms with van der Waals surface area (Å²) in [6.45, 7) is 4.73. The molecular weight excluding hydrogens is 342 g/mol. The Morgan fingerprint density at radius 1 is 1.11 bits per heavy atom. The number of hydrazine groups is 1. The van der Waals surface area contributed by atoms with E-state index in [1.807, 2.05) is 39.8 Å². The highest BCUT2D eigenvalue weighted by molar-refractivity contribution is 5.65. The number of nitrogen functional groups attached to an aromatic ring is 1. The van der Waals surface area contributed by atoms with Crippen molar-refractivity contribution in [2.24, 2.45) is 5.84 Å². The van der Waals surface area contributed by atoms with Crippen LogP contribution in [0, 0.1) is 0 Å². The van der Waals surface area contributed by atoms with Crippen molar-refractivity contribution < 1.29 is 0 Å². The molecular formula is C18H21N9.